The molecule has 132 valence electrons. The summed E-state index contributed by atoms with van der Waals surface area (Å²) in [5.74, 6) is -0.0122. The molecule has 0 unspecified atom stereocenters. The number of rotatable bonds is 6. The van der Waals surface area contributed by atoms with Crippen LogP contribution in [0.4, 0.5) is 0 Å². The van der Waals surface area contributed by atoms with Crippen molar-refractivity contribution >= 4 is 5.97 Å². The average Bonchev–Trinajstić information content (AvgIpc) is 2.68. The second-order valence-electron chi connectivity index (χ2n) is 6.92. The summed E-state index contributed by atoms with van der Waals surface area (Å²) < 4.78 is 5.00. The van der Waals surface area contributed by atoms with Gasteiger partial charge in [0.05, 0.1) is 13.0 Å². The van der Waals surface area contributed by atoms with E-state index in [0.29, 0.717) is 6.04 Å². The molecular formula is C22H27NO2. The molecule has 0 spiro atoms. The van der Waals surface area contributed by atoms with Crippen molar-refractivity contribution in [2.75, 3.05) is 7.11 Å². The SMILES string of the molecule is COC(=O)[C@H]1CCC[C@H](N(Cc2ccccc2)Cc2ccccc2)C1. The quantitative estimate of drug-likeness (QED) is 0.731. The highest BCUT2D eigenvalue weighted by atomic mass is 16.5. The van der Waals surface area contributed by atoms with Crippen LogP contribution in [0.5, 0.6) is 0 Å². The molecule has 1 aliphatic rings. The summed E-state index contributed by atoms with van der Waals surface area (Å²) in [6.45, 7) is 1.82. The van der Waals surface area contributed by atoms with E-state index in [9.17, 15) is 4.79 Å². The van der Waals surface area contributed by atoms with Gasteiger partial charge in [0.15, 0.2) is 0 Å². The van der Waals surface area contributed by atoms with Crippen LogP contribution >= 0.6 is 0 Å². The molecule has 0 N–H and O–H groups in total. The third-order valence-electron chi connectivity index (χ3n) is 5.15. The maximum absolute atomic E-state index is 12.0. The van der Waals surface area contributed by atoms with Gasteiger partial charge in [0.2, 0.25) is 0 Å². The van der Waals surface area contributed by atoms with Crippen molar-refractivity contribution in [2.45, 2.75) is 44.8 Å². The normalized spacial score (nSPS) is 20.4. The third-order valence-corrected chi connectivity index (χ3v) is 5.15. The van der Waals surface area contributed by atoms with Crippen molar-refractivity contribution in [3.05, 3.63) is 71.8 Å². The van der Waals surface area contributed by atoms with Crippen LogP contribution in [-0.2, 0) is 22.6 Å². The molecule has 1 fully saturated rings. The molecule has 2 aromatic rings. The molecule has 2 aromatic carbocycles. The number of hydrogen-bond acceptors (Lipinski definition) is 3. The van der Waals surface area contributed by atoms with Crippen LogP contribution in [0, 0.1) is 5.92 Å². The fourth-order valence-electron chi connectivity index (χ4n) is 3.83. The fraction of sp³-hybridized carbons (Fsp3) is 0.409. The summed E-state index contributed by atoms with van der Waals surface area (Å²) in [6, 6.07) is 21.6. The van der Waals surface area contributed by atoms with Gasteiger partial charge in [-0.25, -0.2) is 0 Å². The Balaban J connectivity index is 1.76. The van der Waals surface area contributed by atoms with Crippen molar-refractivity contribution in [1.29, 1.82) is 0 Å². The number of carbonyl (C=O) groups excluding carboxylic acids is 1. The molecule has 0 heterocycles. The average molecular weight is 337 g/mol. The molecule has 0 aromatic heterocycles. The van der Waals surface area contributed by atoms with E-state index in [2.05, 4.69) is 65.6 Å². The maximum atomic E-state index is 12.0. The Morgan fingerprint density at radius 1 is 0.960 bits per heavy atom. The van der Waals surface area contributed by atoms with Gasteiger partial charge in [-0.05, 0) is 30.4 Å². The summed E-state index contributed by atoms with van der Waals surface area (Å²) >= 11 is 0. The first-order valence-electron chi connectivity index (χ1n) is 9.16. The monoisotopic (exact) mass is 337 g/mol. The van der Waals surface area contributed by atoms with Gasteiger partial charge >= 0.3 is 5.97 Å². The van der Waals surface area contributed by atoms with E-state index in [4.69, 9.17) is 4.74 Å². The molecule has 3 rings (SSSR count). The predicted molar refractivity (Wildman–Crippen MR) is 99.9 cm³/mol. The van der Waals surface area contributed by atoms with Crippen LogP contribution in [0.25, 0.3) is 0 Å². The van der Waals surface area contributed by atoms with Gasteiger partial charge in [-0.2, -0.15) is 0 Å². The van der Waals surface area contributed by atoms with Crippen LogP contribution in [0.2, 0.25) is 0 Å². The number of methoxy groups -OCH3 is 1. The molecule has 3 nitrogen and oxygen atoms in total. The molecule has 2 atom stereocenters. The Morgan fingerprint density at radius 2 is 1.52 bits per heavy atom. The van der Waals surface area contributed by atoms with Crippen LogP contribution in [0.15, 0.2) is 60.7 Å². The summed E-state index contributed by atoms with van der Waals surface area (Å²) in [6.07, 6.45) is 4.08. The largest absolute Gasteiger partial charge is 0.469 e. The molecule has 1 saturated carbocycles. The number of hydrogen-bond donors (Lipinski definition) is 0. The Kier molecular flexibility index (Phi) is 6.24. The zero-order valence-corrected chi connectivity index (χ0v) is 14.9. The van der Waals surface area contributed by atoms with Gasteiger partial charge in [0.25, 0.3) is 0 Å². The first-order chi connectivity index (χ1) is 12.3. The van der Waals surface area contributed by atoms with Crippen LogP contribution in [0.3, 0.4) is 0 Å². The number of carbonyl (C=O) groups is 1. The number of esters is 1. The van der Waals surface area contributed by atoms with Gasteiger partial charge in [0.1, 0.15) is 0 Å². The van der Waals surface area contributed by atoms with E-state index in [1.807, 2.05) is 0 Å². The minimum absolute atomic E-state index is 0.0396. The first-order valence-corrected chi connectivity index (χ1v) is 9.16. The fourth-order valence-corrected chi connectivity index (χ4v) is 3.83. The first kappa shape index (κ1) is 17.7. The number of benzene rings is 2. The standard InChI is InChI=1S/C22H27NO2/c1-25-22(24)20-13-8-14-21(15-20)23(16-18-9-4-2-5-10-18)17-19-11-6-3-7-12-19/h2-7,9-12,20-21H,8,13-17H2,1H3/t20-,21-/m0/s1. The lowest BCUT2D eigenvalue weighted by Crippen LogP contribution is -2.39. The molecule has 1 aliphatic carbocycles. The zero-order valence-electron chi connectivity index (χ0n) is 14.9. The predicted octanol–water partition coefficient (Wildman–Crippen LogP) is 4.42. The highest BCUT2D eigenvalue weighted by molar-refractivity contribution is 5.72. The lowest BCUT2D eigenvalue weighted by Gasteiger charge is -2.37. The van der Waals surface area contributed by atoms with Crippen molar-refractivity contribution < 1.29 is 9.53 Å². The molecule has 0 saturated heterocycles. The molecule has 25 heavy (non-hydrogen) atoms. The molecule has 0 radical (unpaired) electrons. The minimum Gasteiger partial charge on any atom is -0.469 e. The number of nitrogens with zero attached hydrogens (tertiary/aromatic N) is 1. The van der Waals surface area contributed by atoms with Gasteiger partial charge in [-0.3, -0.25) is 9.69 Å². The van der Waals surface area contributed by atoms with Crippen molar-refractivity contribution in [1.82, 2.24) is 4.90 Å². The maximum Gasteiger partial charge on any atom is 0.308 e. The van der Waals surface area contributed by atoms with Gasteiger partial charge < -0.3 is 4.74 Å². The van der Waals surface area contributed by atoms with Gasteiger partial charge in [0, 0.05) is 19.1 Å². The van der Waals surface area contributed by atoms with Gasteiger partial charge in [-0.15, -0.1) is 0 Å². The molecule has 0 aliphatic heterocycles. The van der Waals surface area contributed by atoms with E-state index in [-0.39, 0.29) is 11.9 Å². The Labute approximate surface area is 150 Å². The lowest BCUT2D eigenvalue weighted by molar-refractivity contribution is -0.147. The van der Waals surface area contributed by atoms with E-state index in [1.165, 1.54) is 18.2 Å². The summed E-state index contributed by atoms with van der Waals surface area (Å²) in [7, 11) is 1.50. The smallest absolute Gasteiger partial charge is 0.308 e. The topological polar surface area (TPSA) is 29.5 Å². The van der Waals surface area contributed by atoms with Crippen LogP contribution < -0.4 is 0 Å². The van der Waals surface area contributed by atoms with Crippen molar-refractivity contribution in [2.24, 2.45) is 5.92 Å². The van der Waals surface area contributed by atoms with E-state index in [1.54, 1.807) is 0 Å². The Hall–Kier alpha value is -2.13. The Bertz CT molecular complexity index is 615. The summed E-state index contributed by atoms with van der Waals surface area (Å²) in [4.78, 5) is 14.5. The number of ether oxygens (including phenoxy) is 1. The van der Waals surface area contributed by atoms with Gasteiger partial charge in [-0.1, -0.05) is 67.1 Å². The molecule has 0 bridgehead atoms. The van der Waals surface area contributed by atoms with Crippen LogP contribution in [-0.4, -0.2) is 24.0 Å². The Morgan fingerprint density at radius 3 is 2.04 bits per heavy atom. The second kappa shape index (κ2) is 8.82. The van der Waals surface area contributed by atoms with E-state index < -0.39 is 0 Å². The summed E-state index contributed by atoms with van der Waals surface area (Å²) in [5, 5.41) is 0. The molecular weight excluding hydrogens is 310 g/mol. The molecule has 0 amide bonds. The summed E-state index contributed by atoms with van der Waals surface area (Å²) in [5.41, 5.74) is 2.64. The van der Waals surface area contributed by atoms with Crippen molar-refractivity contribution in [3.63, 3.8) is 0 Å². The van der Waals surface area contributed by atoms with E-state index in [0.717, 1.165) is 38.8 Å². The minimum atomic E-state index is -0.0518. The zero-order chi connectivity index (χ0) is 17.5. The second-order valence-corrected chi connectivity index (χ2v) is 6.92. The van der Waals surface area contributed by atoms with E-state index >= 15 is 0 Å². The van der Waals surface area contributed by atoms with Crippen LogP contribution in [0.1, 0.15) is 36.8 Å². The third kappa shape index (κ3) is 4.93. The lowest BCUT2D eigenvalue weighted by atomic mass is 9.84. The highest BCUT2D eigenvalue weighted by Crippen LogP contribution is 2.30. The molecule has 3 heteroatoms. The highest BCUT2D eigenvalue weighted by Gasteiger charge is 2.31. The van der Waals surface area contributed by atoms with Crippen molar-refractivity contribution in [3.8, 4) is 0 Å².